The molecule has 0 spiro atoms. The van der Waals surface area contributed by atoms with Crippen molar-refractivity contribution in [3.05, 3.63) is 11.8 Å². The summed E-state index contributed by atoms with van der Waals surface area (Å²) in [6, 6.07) is 0. The summed E-state index contributed by atoms with van der Waals surface area (Å²) in [5.41, 5.74) is 3.32. The summed E-state index contributed by atoms with van der Waals surface area (Å²) < 4.78 is 35.8. The number of nitrogens with two attached hydrogens (primary N) is 1. The SMILES string of the molecule is CCN(CC)C(=O)C=C(N)C(F)(F)F. The van der Waals surface area contributed by atoms with E-state index in [-0.39, 0.29) is 0 Å². The number of halogens is 3. The number of alkyl halides is 3. The van der Waals surface area contributed by atoms with Crippen LogP contribution in [0.2, 0.25) is 0 Å². The molecule has 14 heavy (non-hydrogen) atoms. The molecule has 0 rings (SSSR count). The summed E-state index contributed by atoms with van der Waals surface area (Å²) in [6.45, 7) is 4.08. The van der Waals surface area contributed by atoms with Gasteiger partial charge in [-0.1, -0.05) is 0 Å². The van der Waals surface area contributed by atoms with Crippen LogP contribution in [0.5, 0.6) is 0 Å². The molecule has 2 N–H and O–H groups in total. The third kappa shape index (κ3) is 3.68. The number of hydrogen-bond acceptors (Lipinski definition) is 2. The number of carbonyl (C=O) groups is 1. The van der Waals surface area contributed by atoms with Gasteiger partial charge in [-0.2, -0.15) is 13.2 Å². The molecule has 0 aliphatic heterocycles. The summed E-state index contributed by atoms with van der Waals surface area (Å²) in [5.74, 6) is -0.718. The molecule has 0 aromatic carbocycles. The van der Waals surface area contributed by atoms with Gasteiger partial charge in [0.25, 0.3) is 0 Å². The molecule has 0 atom stereocenters. The molecule has 0 aliphatic carbocycles. The molecular formula is C8H13F3N2O. The van der Waals surface area contributed by atoms with E-state index in [1.807, 2.05) is 0 Å². The van der Waals surface area contributed by atoms with Gasteiger partial charge in [-0.05, 0) is 13.8 Å². The fourth-order valence-corrected chi connectivity index (χ4v) is 0.841. The van der Waals surface area contributed by atoms with Crippen molar-refractivity contribution in [1.82, 2.24) is 4.90 Å². The third-order valence-corrected chi connectivity index (χ3v) is 1.68. The van der Waals surface area contributed by atoms with Gasteiger partial charge in [-0.25, -0.2) is 0 Å². The predicted octanol–water partition coefficient (Wildman–Crippen LogP) is 1.26. The first-order chi connectivity index (χ1) is 6.32. The van der Waals surface area contributed by atoms with Crippen molar-refractivity contribution in [1.29, 1.82) is 0 Å². The Morgan fingerprint density at radius 1 is 1.36 bits per heavy atom. The first-order valence-corrected chi connectivity index (χ1v) is 4.16. The van der Waals surface area contributed by atoms with E-state index in [9.17, 15) is 18.0 Å². The van der Waals surface area contributed by atoms with Crippen molar-refractivity contribution >= 4 is 5.91 Å². The smallest absolute Gasteiger partial charge is 0.395 e. The molecule has 0 saturated carbocycles. The van der Waals surface area contributed by atoms with E-state index in [0.717, 1.165) is 0 Å². The van der Waals surface area contributed by atoms with Crippen LogP contribution in [0.15, 0.2) is 11.8 Å². The Morgan fingerprint density at radius 3 is 2.07 bits per heavy atom. The van der Waals surface area contributed by atoms with Gasteiger partial charge >= 0.3 is 6.18 Å². The van der Waals surface area contributed by atoms with E-state index in [4.69, 9.17) is 0 Å². The molecule has 0 saturated heterocycles. The Kier molecular flexibility index (Phi) is 4.46. The number of likely N-dealkylation sites (N-methyl/N-ethyl adjacent to an activating group) is 1. The van der Waals surface area contributed by atoms with Crippen LogP contribution in [-0.2, 0) is 4.79 Å². The number of hydrogen-bond donors (Lipinski definition) is 1. The fourth-order valence-electron chi connectivity index (χ4n) is 0.841. The van der Waals surface area contributed by atoms with Gasteiger partial charge in [0.05, 0.1) is 0 Å². The van der Waals surface area contributed by atoms with E-state index < -0.39 is 17.8 Å². The molecule has 0 aromatic heterocycles. The lowest BCUT2D eigenvalue weighted by molar-refractivity contribution is -0.127. The fraction of sp³-hybridized carbons (Fsp3) is 0.625. The van der Waals surface area contributed by atoms with Crippen LogP contribution >= 0.6 is 0 Å². The number of amides is 1. The molecule has 1 amide bonds. The second-order valence-corrected chi connectivity index (χ2v) is 2.61. The Balaban J connectivity index is 4.58. The number of nitrogens with zero attached hydrogens (tertiary/aromatic N) is 1. The maximum atomic E-state index is 11.9. The Labute approximate surface area is 80.4 Å². The van der Waals surface area contributed by atoms with Crippen LogP contribution < -0.4 is 5.73 Å². The van der Waals surface area contributed by atoms with Crippen LogP contribution in [0, 0.1) is 0 Å². The summed E-state index contributed by atoms with van der Waals surface area (Å²) in [7, 11) is 0. The van der Waals surface area contributed by atoms with Gasteiger partial charge in [-0.15, -0.1) is 0 Å². The second kappa shape index (κ2) is 4.88. The summed E-state index contributed by atoms with van der Waals surface area (Å²) in [4.78, 5) is 12.4. The summed E-state index contributed by atoms with van der Waals surface area (Å²) in [6.07, 6.45) is -4.23. The summed E-state index contributed by atoms with van der Waals surface area (Å²) in [5, 5.41) is 0. The highest BCUT2D eigenvalue weighted by Gasteiger charge is 2.32. The maximum Gasteiger partial charge on any atom is 0.430 e. The molecule has 0 aromatic rings. The van der Waals surface area contributed by atoms with Crippen molar-refractivity contribution in [2.75, 3.05) is 13.1 Å². The number of rotatable bonds is 3. The lowest BCUT2D eigenvalue weighted by Crippen LogP contribution is -2.31. The number of allylic oxidation sites excluding steroid dienone is 1. The minimum Gasteiger partial charge on any atom is -0.395 e. The zero-order valence-electron chi connectivity index (χ0n) is 8.06. The molecule has 0 unspecified atom stereocenters. The van der Waals surface area contributed by atoms with Crippen molar-refractivity contribution in [2.24, 2.45) is 5.73 Å². The third-order valence-electron chi connectivity index (χ3n) is 1.68. The van der Waals surface area contributed by atoms with Crippen molar-refractivity contribution in [3.63, 3.8) is 0 Å². The zero-order chi connectivity index (χ0) is 11.4. The van der Waals surface area contributed by atoms with Gasteiger partial charge in [0.1, 0.15) is 5.70 Å². The quantitative estimate of drug-likeness (QED) is 0.713. The highest BCUT2D eigenvalue weighted by atomic mass is 19.4. The molecule has 0 heterocycles. The lowest BCUT2D eigenvalue weighted by Gasteiger charge is -2.17. The van der Waals surface area contributed by atoms with E-state index in [2.05, 4.69) is 5.73 Å². The normalized spacial score (nSPS) is 12.8. The molecule has 82 valence electrons. The van der Waals surface area contributed by atoms with Gasteiger partial charge in [0.15, 0.2) is 0 Å². The minimum absolute atomic E-state index is 0.358. The Hall–Kier alpha value is -1.20. The Morgan fingerprint density at radius 2 is 1.79 bits per heavy atom. The van der Waals surface area contributed by atoms with Gasteiger partial charge in [0.2, 0.25) is 5.91 Å². The zero-order valence-corrected chi connectivity index (χ0v) is 8.06. The average molecular weight is 210 g/mol. The lowest BCUT2D eigenvalue weighted by atomic mass is 10.3. The van der Waals surface area contributed by atoms with E-state index in [0.29, 0.717) is 19.2 Å². The highest BCUT2D eigenvalue weighted by molar-refractivity contribution is 5.88. The average Bonchev–Trinajstić information content (AvgIpc) is 2.04. The standard InChI is InChI=1S/C8H13F3N2O/c1-3-13(4-2)7(14)5-6(12)8(9,10)11/h5H,3-4,12H2,1-2H3. The van der Waals surface area contributed by atoms with Crippen LogP contribution in [0.3, 0.4) is 0 Å². The van der Waals surface area contributed by atoms with Gasteiger partial charge < -0.3 is 10.6 Å². The van der Waals surface area contributed by atoms with Crippen LogP contribution in [0.25, 0.3) is 0 Å². The first kappa shape index (κ1) is 12.8. The van der Waals surface area contributed by atoms with Gasteiger partial charge in [0, 0.05) is 19.2 Å². The molecule has 0 bridgehead atoms. The van der Waals surface area contributed by atoms with E-state index in [1.54, 1.807) is 13.8 Å². The largest absolute Gasteiger partial charge is 0.430 e. The molecule has 3 nitrogen and oxygen atoms in total. The van der Waals surface area contributed by atoms with Crippen molar-refractivity contribution < 1.29 is 18.0 Å². The van der Waals surface area contributed by atoms with Crippen molar-refractivity contribution in [2.45, 2.75) is 20.0 Å². The highest BCUT2D eigenvalue weighted by Crippen LogP contribution is 2.21. The predicted molar refractivity (Wildman–Crippen MR) is 46.3 cm³/mol. The molecule has 0 aliphatic rings. The summed E-state index contributed by atoms with van der Waals surface area (Å²) >= 11 is 0. The van der Waals surface area contributed by atoms with Crippen LogP contribution in [0.4, 0.5) is 13.2 Å². The molecule has 0 radical (unpaired) electrons. The van der Waals surface area contributed by atoms with Crippen LogP contribution in [-0.4, -0.2) is 30.1 Å². The monoisotopic (exact) mass is 210 g/mol. The first-order valence-electron chi connectivity index (χ1n) is 4.16. The molecule has 0 fully saturated rings. The maximum absolute atomic E-state index is 11.9. The van der Waals surface area contributed by atoms with E-state index >= 15 is 0 Å². The Bertz CT molecular complexity index is 231. The number of carbonyl (C=O) groups excluding carboxylic acids is 1. The van der Waals surface area contributed by atoms with Crippen LogP contribution in [0.1, 0.15) is 13.8 Å². The minimum atomic E-state index is -4.64. The topological polar surface area (TPSA) is 46.3 Å². The van der Waals surface area contributed by atoms with Crippen molar-refractivity contribution in [3.8, 4) is 0 Å². The second-order valence-electron chi connectivity index (χ2n) is 2.61. The van der Waals surface area contributed by atoms with Gasteiger partial charge in [-0.3, -0.25) is 4.79 Å². The molecular weight excluding hydrogens is 197 g/mol. The van der Waals surface area contributed by atoms with E-state index in [1.165, 1.54) is 4.90 Å². The molecule has 6 heteroatoms.